The molecule has 12 heteroatoms. The Balaban J connectivity index is 1.63. The lowest BCUT2D eigenvalue weighted by molar-refractivity contribution is -0.125. The number of carbonyl (C=O) groups is 1. The number of hydrogen-bond acceptors (Lipinski definition) is 7. The Labute approximate surface area is 209 Å². The van der Waals surface area contributed by atoms with E-state index >= 15 is 0 Å². The Bertz CT molecular complexity index is 1460. The molecule has 0 unspecified atom stereocenters. The normalized spacial score (nSPS) is 17.7. The molecule has 0 bridgehead atoms. The molecule has 4 rings (SSSR count). The van der Waals surface area contributed by atoms with Crippen molar-refractivity contribution in [3.05, 3.63) is 90.5 Å². The van der Waals surface area contributed by atoms with E-state index in [0.717, 1.165) is 8.61 Å². The van der Waals surface area contributed by atoms with Crippen molar-refractivity contribution in [3.8, 4) is 5.75 Å². The molecule has 0 radical (unpaired) electrons. The molecule has 3 aromatic rings. The first-order valence-electron chi connectivity index (χ1n) is 10.9. The molecule has 1 atom stereocenters. The summed E-state index contributed by atoms with van der Waals surface area (Å²) in [6, 6.07) is 20.3. The lowest BCUT2D eigenvalue weighted by Gasteiger charge is -2.38. The van der Waals surface area contributed by atoms with Gasteiger partial charge in [0.25, 0.3) is 5.91 Å². The topological polar surface area (TPSA) is 136 Å². The average Bonchev–Trinajstić information content (AvgIpc) is 2.90. The molecular weight excluding hydrogens is 504 g/mol. The number of aromatic hydroxyl groups is 1. The van der Waals surface area contributed by atoms with Crippen LogP contribution in [0.15, 0.2) is 99.8 Å². The summed E-state index contributed by atoms with van der Waals surface area (Å²) in [6.07, 6.45) is 1.21. The SMILES string of the molecule is O=C(N/N=C/c1ccccc1O)[C@@H]1CN(S(=O)(=O)c2ccccc2)CCN1S(=O)(=O)c1ccccc1. The molecule has 1 heterocycles. The Morgan fingerprint density at radius 3 is 2.00 bits per heavy atom. The molecule has 1 fully saturated rings. The highest BCUT2D eigenvalue weighted by atomic mass is 32.2. The number of phenols is 1. The number of hydrazone groups is 1. The number of sulfonamides is 2. The van der Waals surface area contributed by atoms with E-state index < -0.39 is 38.5 Å². The second-order valence-corrected chi connectivity index (χ2v) is 11.7. The number of nitrogens with zero attached hydrogens (tertiary/aromatic N) is 3. The van der Waals surface area contributed by atoms with Gasteiger partial charge in [0, 0.05) is 25.2 Å². The molecule has 0 aliphatic carbocycles. The van der Waals surface area contributed by atoms with Crippen LogP contribution in [0, 0.1) is 0 Å². The van der Waals surface area contributed by atoms with Crippen LogP contribution in [0.1, 0.15) is 5.56 Å². The first-order valence-corrected chi connectivity index (χ1v) is 13.8. The quantitative estimate of drug-likeness (QED) is 0.353. The Hall–Kier alpha value is -3.58. The largest absolute Gasteiger partial charge is 0.507 e. The van der Waals surface area contributed by atoms with Crippen LogP contribution in [0.2, 0.25) is 0 Å². The van der Waals surface area contributed by atoms with E-state index in [9.17, 15) is 26.7 Å². The number of benzene rings is 3. The van der Waals surface area contributed by atoms with Gasteiger partial charge in [0.2, 0.25) is 20.0 Å². The molecule has 3 aromatic carbocycles. The summed E-state index contributed by atoms with van der Waals surface area (Å²) >= 11 is 0. The maximum atomic E-state index is 13.4. The minimum Gasteiger partial charge on any atom is -0.507 e. The number of amides is 1. The Kier molecular flexibility index (Phi) is 7.50. The van der Waals surface area contributed by atoms with Crippen molar-refractivity contribution < 1.29 is 26.7 Å². The fourth-order valence-corrected chi connectivity index (χ4v) is 6.82. The summed E-state index contributed by atoms with van der Waals surface area (Å²) in [6.45, 7) is -0.764. The van der Waals surface area contributed by atoms with Crippen molar-refractivity contribution in [1.82, 2.24) is 14.0 Å². The number of rotatable bonds is 7. The van der Waals surface area contributed by atoms with E-state index in [4.69, 9.17) is 0 Å². The van der Waals surface area contributed by atoms with Gasteiger partial charge in [-0.2, -0.15) is 13.7 Å². The standard InChI is InChI=1S/C24H24N4O6S2/c29-23-14-8-7-9-19(23)17-25-26-24(30)22-18-27(35(31,32)20-10-3-1-4-11-20)15-16-28(22)36(33,34)21-12-5-2-6-13-21/h1-14,17,22,29H,15-16,18H2,(H,26,30)/b25-17+/t22-/m0/s1. The summed E-state index contributed by atoms with van der Waals surface area (Å²) < 4.78 is 55.2. The lowest BCUT2D eigenvalue weighted by atomic mass is 10.2. The third-order valence-electron chi connectivity index (χ3n) is 5.64. The van der Waals surface area contributed by atoms with Gasteiger partial charge in [-0.25, -0.2) is 22.3 Å². The van der Waals surface area contributed by atoms with Gasteiger partial charge < -0.3 is 5.11 Å². The molecule has 1 aliphatic heterocycles. The van der Waals surface area contributed by atoms with Gasteiger partial charge >= 0.3 is 0 Å². The molecule has 2 N–H and O–H groups in total. The van der Waals surface area contributed by atoms with Gasteiger partial charge in [-0.15, -0.1) is 0 Å². The number of para-hydroxylation sites is 1. The third kappa shape index (κ3) is 5.31. The number of piperazine rings is 1. The monoisotopic (exact) mass is 528 g/mol. The number of carbonyl (C=O) groups excluding carboxylic acids is 1. The van der Waals surface area contributed by atoms with Crippen LogP contribution in [-0.4, -0.2) is 68.4 Å². The molecule has 0 aromatic heterocycles. The average molecular weight is 529 g/mol. The highest BCUT2D eigenvalue weighted by Gasteiger charge is 2.43. The Morgan fingerprint density at radius 2 is 1.39 bits per heavy atom. The molecule has 1 amide bonds. The maximum absolute atomic E-state index is 13.4. The van der Waals surface area contributed by atoms with Crippen LogP contribution in [-0.2, 0) is 24.8 Å². The van der Waals surface area contributed by atoms with Crippen LogP contribution in [0.3, 0.4) is 0 Å². The van der Waals surface area contributed by atoms with E-state index in [1.807, 2.05) is 0 Å². The summed E-state index contributed by atoms with van der Waals surface area (Å²) in [5.41, 5.74) is 2.62. The fourth-order valence-electron chi connectivity index (χ4n) is 3.77. The minimum absolute atomic E-state index is 0.0140. The van der Waals surface area contributed by atoms with Gasteiger partial charge in [0.1, 0.15) is 11.8 Å². The first-order chi connectivity index (χ1) is 17.2. The van der Waals surface area contributed by atoms with Crippen molar-refractivity contribution >= 4 is 32.2 Å². The second kappa shape index (κ2) is 10.6. The first kappa shape index (κ1) is 25.5. The maximum Gasteiger partial charge on any atom is 0.259 e. The second-order valence-electron chi connectivity index (χ2n) is 7.91. The fraction of sp³-hybridized carbons (Fsp3) is 0.167. The zero-order valence-corrected chi connectivity index (χ0v) is 20.6. The van der Waals surface area contributed by atoms with Crippen molar-refractivity contribution in [2.24, 2.45) is 5.10 Å². The van der Waals surface area contributed by atoms with E-state index in [-0.39, 0.29) is 28.6 Å². The van der Waals surface area contributed by atoms with Crippen LogP contribution in [0.25, 0.3) is 0 Å². The highest BCUT2D eigenvalue weighted by Crippen LogP contribution is 2.25. The molecule has 36 heavy (non-hydrogen) atoms. The summed E-state index contributed by atoms with van der Waals surface area (Å²) in [7, 11) is -8.09. The third-order valence-corrected chi connectivity index (χ3v) is 9.44. The summed E-state index contributed by atoms with van der Waals surface area (Å²) in [4.78, 5) is 13.2. The Morgan fingerprint density at radius 1 is 0.833 bits per heavy atom. The molecule has 1 aliphatic rings. The van der Waals surface area contributed by atoms with E-state index in [1.54, 1.807) is 54.6 Å². The zero-order valence-electron chi connectivity index (χ0n) is 19.0. The zero-order chi connectivity index (χ0) is 25.8. The van der Waals surface area contributed by atoms with Crippen LogP contribution in [0.5, 0.6) is 5.75 Å². The van der Waals surface area contributed by atoms with Crippen molar-refractivity contribution in [3.63, 3.8) is 0 Å². The van der Waals surface area contributed by atoms with Crippen LogP contribution in [0.4, 0.5) is 0 Å². The van der Waals surface area contributed by atoms with Gasteiger partial charge in [0.15, 0.2) is 0 Å². The van der Waals surface area contributed by atoms with E-state index in [0.29, 0.717) is 5.56 Å². The van der Waals surface area contributed by atoms with Gasteiger partial charge in [-0.05, 0) is 36.4 Å². The summed E-state index contributed by atoms with van der Waals surface area (Å²) in [5.74, 6) is -0.865. The predicted octanol–water partition coefficient (Wildman–Crippen LogP) is 1.61. The van der Waals surface area contributed by atoms with Crippen molar-refractivity contribution in [2.75, 3.05) is 19.6 Å². The number of nitrogens with one attached hydrogen (secondary N) is 1. The highest BCUT2D eigenvalue weighted by molar-refractivity contribution is 7.89. The molecule has 188 valence electrons. The van der Waals surface area contributed by atoms with E-state index in [1.165, 1.54) is 36.5 Å². The van der Waals surface area contributed by atoms with Gasteiger partial charge in [-0.3, -0.25) is 4.79 Å². The number of hydrogen-bond donors (Lipinski definition) is 2. The van der Waals surface area contributed by atoms with E-state index in [2.05, 4.69) is 10.5 Å². The van der Waals surface area contributed by atoms with Crippen molar-refractivity contribution in [2.45, 2.75) is 15.8 Å². The van der Waals surface area contributed by atoms with Crippen LogP contribution >= 0.6 is 0 Å². The van der Waals surface area contributed by atoms with Gasteiger partial charge in [-0.1, -0.05) is 48.5 Å². The smallest absolute Gasteiger partial charge is 0.259 e. The van der Waals surface area contributed by atoms with Gasteiger partial charge in [0.05, 0.1) is 16.0 Å². The van der Waals surface area contributed by atoms with Crippen LogP contribution < -0.4 is 5.43 Å². The number of phenolic OH excluding ortho intramolecular Hbond substituents is 1. The molecular formula is C24H24N4O6S2. The molecule has 0 saturated carbocycles. The predicted molar refractivity (Wildman–Crippen MR) is 133 cm³/mol. The summed E-state index contributed by atoms with van der Waals surface area (Å²) in [5, 5.41) is 13.7. The van der Waals surface area contributed by atoms with Crippen molar-refractivity contribution in [1.29, 1.82) is 0 Å². The molecule has 1 saturated heterocycles. The molecule has 0 spiro atoms. The molecule has 10 nitrogen and oxygen atoms in total. The lowest BCUT2D eigenvalue weighted by Crippen LogP contribution is -2.60. The minimum atomic E-state index is -4.11.